The molecule has 0 N–H and O–H groups in total. The lowest BCUT2D eigenvalue weighted by Gasteiger charge is -2.14. The Labute approximate surface area is 188 Å². The molecule has 0 bridgehead atoms. The van der Waals surface area contributed by atoms with Crippen LogP contribution in [0.3, 0.4) is 0 Å². The zero-order valence-electron chi connectivity index (χ0n) is 20.9. The van der Waals surface area contributed by atoms with Gasteiger partial charge in [-0.15, -0.1) is 0 Å². The van der Waals surface area contributed by atoms with Gasteiger partial charge in [0.2, 0.25) is 5.69 Å². The molecule has 0 fully saturated rings. The Morgan fingerprint density at radius 3 is 2.23 bits per heavy atom. The first-order valence-corrected chi connectivity index (χ1v) is 11.3. The van der Waals surface area contributed by atoms with Crippen molar-refractivity contribution in [1.82, 2.24) is 0 Å². The molecule has 0 atom stereocenters. The normalized spacial score (nSPS) is 11.9. The molecule has 1 aromatic heterocycles. The van der Waals surface area contributed by atoms with E-state index in [-0.39, 0.29) is 0 Å². The summed E-state index contributed by atoms with van der Waals surface area (Å²) < 4.78 is 11.0. The lowest BCUT2D eigenvalue weighted by molar-refractivity contribution is -0.665. The van der Waals surface area contributed by atoms with Crippen molar-refractivity contribution in [3.05, 3.63) is 88.6 Å². The molecule has 1 heterocycles. The van der Waals surface area contributed by atoms with Gasteiger partial charge in [0.05, 0.1) is 6.76 Å². The largest absolute Gasteiger partial charge is 0.220 e. The predicted octanol–water partition coefficient (Wildman–Crippen LogP) is 7.43. The van der Waals surface area contributed by atoms with E-state index < -0.39 is 0 Å². The highest BCUT2D eigenvalue weighted by atomic mass is 14.9. The van der Waals surface area contributed by atoms with Crippen molar-refractivity contribution in [3.63, 3.8) is 0 Å². The number of nitrogens with zero attached hydrogens (tertiary/aromatic N) is 1. The molecule has 1 heteroatoms. The highest BCUT2D eigenvalue weighted by molar-refractivity contribution is 5.94. The molecule has 0 unspecified atom stereocenters. The van der Waals surface area contributed by atoms with Crippen LogP contribution in [-0.4, -0.2) is 0 Å². The number of aryl methyl sites for hydroxylation is 3. The molecule has 3 aromatic carbocycles. The van der Waals surface area contributed by atoms with Crippen LogP contribution in [0.1, 0.15) is 43.2 Å². The first kappa shape index (κ1) is 20.0. The fourth-order valence-electron chi connectivity index (χ4n) is 4.81. The minimum atomic E-state index is 0.599. The number of benzene rings is 3. The van der Waals surface area contributed by atoms with Crippen molar-refractivity contribution in [2.75, 3.05) is 0 Å². The fraction of sp³-hybridized carbons (Fsp3) is 0.300. The van der Waals surface area contributed by atoms with Crippen LogP contribution in [0.15, 0.2) is 60.6 Å². The van der Waals surface area contributed by atoms with E-state index in [4.69, 9.17) is 1.37 Å². The van der Waals surface area contributed by atoms with Crippen molar-refractivity contribution in [1.29, 1.82) is 0 Å². The van der Waals surface area contributed by atoms with E-state index >= 15 is 0 Å². The fourth-order valence-corrected chi connectivity index (χ4v) is 4.81. The summed E-state index contributed by atoms with van der Waals surface area (Å²) in [5, 5.41) is 2.20. The Balaban J connectivity index is 1.93. The van der Waals surface area contributed by atoms with E-state index in [0.29, 0.717) is 12.0 Å². The Kier molecular flexibility index (Phi) is 5.36. The van der Waals surface area contributed by atoms with Gasteiger partial charge in [-0.25, -0.2) is 0 Å². The summed E-state index contributed by atoms with van der Waals surface area (Å²) in [5.41, 5.74) is 11.2. The van der Waals surface area contributed by atoms with Gasteiger partial charge in [0.25, 0.3) is 0 Å². The first-order chi connectivity index (χ1) is 15.2. The summed E-state index contributed by atoms with van der Waals surface area (Å²) in [6.07, 6.45) is 1.04. The highest BCUT2D eigenvalue weighted by Crippen LogP contribution is 2.34. The standard InChI is InChI=1S/C30H34N/c1-19(2)15-24-11-13-28-26(18-24)17-23(6)31(7)30(28)27-14-12-25(16-22(27)5)29-20(3)9-8-10-21(29)4/h8-14,16-19H,15H2,1-7H3/q+1/i17D. The summed E-state index contributed by atoms with van der Waals surface area (Å²) in [6.45, 7) is 13.1. The van der Waals surface area contributed by atoms with Crippen molar-refractivity contribution in [2.45, 2.75) is 48.0 Å². The first-order valence-electron chi connectivity index (χ1n) is 11.8. The van der Waals surface area contributed by atoms with Crippen molar-refractivity contribution < 1.29 is 5.94 Å². The Hall–Kier alpha value is -2.93. The third kappa shape index (κ3) is 4.02. The van der Waals surface area contributed by atoms with Crippen molar-refractivity contribution in [2.24, 2.45) is 13.0 Å². The van der Waals surface area contributed by atoms with E-state index in [9.17, 15) is 0 Å². The maximum Gasteiger partial charge on any atom is 0.220 e. The number of aromatic nitrogens is 1. The van der Waals surface area contributed by atoms with Crippen LogP contribution in [0.2, 0.25) is 0 Å². The zero-order valence-corrected chi connectivity index (χ0v) is 19.9. The maximum absolute atomic E-state index is 8.79. The van der Waals surface area contributed by atoms with Crippen LogP contribution in [0.4, 0.5) is 0 Å². The van der Waals surface area contributed by atoms with Crippen LogP contribution in [0.5, 0.6) is 0 Å². The molecule has 0 spiro atoms. The molecule has 0 aliphatic rings. The maximum atomic E-state index is 8.79. The van der Waals surface area contributed by atoms with Gasteiger partial charge in [0.1, 0.15) is 7.05 Å². The lowest BCUT2D eigenvalue weighted by atomic mass is 9.91. The van der Waals surface area contributed by atoms with E-state index in [1.165, 1.54) is 44.6 Å². The third-order valence-electron chi connectivity index (χ3n) is 6.39. The number of pyridine rings is 1. The lowest BCUT2D eigenvalue weighted by Crippen LogP contribution is -2.35. The predicted molar refractivity (Wildman–Crippen MR) is 133 cm³/mol. The van der Waals surface area contributed by atoms with Crippen molar-refractivity contribution in [3.8, 4) is 22.4 Å². The van der Waals surface area contributed by atoms with Gasteiger partial charge in [-0.1, -0.05) is 56.3 Å². The number of rotatable bonds is 4. The summed E-state index contributed by atoms with van der Waals surface area (Å²) in [4.78, 5) is 0. The summed E-state index contributed by atoms with van der Waals surface area (Å²) in [7, 11) is 2.09. The summed E-state index contributed by atoms with van der Waals surface area (Å²) >= 11 is 0. The van der Waals surface area contributed by atoms with E-state index in [0.717, 1.165) is 22.9 Å². The van der Waals surface area contributed by atoms with Gasteiger partial charge in [-0.3, -0.25) is 0 Å². The monoisotopic (exact) mass is 409 g/mol. The molecular weight excluding hydrogens is 374 g/mol. The van der Waals surface area contributed by atoms with Gasteiger partial charge in [-0.05, 0) is 84.0 Å². The molecule has 0 saturated heterocycles. The van der Waals surface area contributed by atoms with Gasteiger partial charge < -0.3 is 0 Å². The average Bonchev–Trinajstić information content (AvgIpc) is 2.73. The molecule has 1 nitrogen and oxygen atoms in total. The van der Waals surface area contributed by atoms with Crippen LogP contribution in [-0.2, 0) is 13.5 Å². The molecule has 0 saturated carbocycles. The van der Waals surface area contributed by atoms with Gasteiger partial charge in [-0.2, -0.15) is 4.57 Å². The Morgan fingerprint density at radius 1 is 0.871 bits per heavy atom. The number of fused-ring (bicyclic) bond motifs is 1. The second-order valence-corrected chi connectivity index (χ2v) is 9.39. The van der Waals surface area contributed by atoms with Crippen LogP contribution < -0.4 is 4.57 Å². The molecule has 0 radical (unpaired) electrons. The molecule has 158 valence electrons. The smallest absolute Gasteiger partial charge is 0.198 e. The quantitative estimate of drug-likeness (QED) is 0.309. The zero-order chi connectivity index (χ0) is 23.2. The minimum absolute atomic E-state index is 0.599. The van der Waals surface area contributed by atoms with Gasteiger partial charge in [0.15, 0.2) is 5.69 Å². The molecule has 4 rings (SSSR count). The molecule has 4 aromatic rings. The van der Waals surface area contributed by atoms with Gasteiger partial charge >= 0.3 is 0 Å². The highest BCUT2D eigenvalue weighted by Gasteiger charge is 2.20. The second-order valence-electron chi connectivity index (χ2n) is 9.39. The van der Waals surface area contributed by atoms with Gasteiger partial charge in [0, 0.05) is 18.5 Å². The number of hydrogen-bond acceptors (Lipinski definition) is 0. The molecule has 0 amide bonds. The molecule has 31 heavy (non-hydrogen) atoms. The Bertz CT molecular complexity index is 1310. The average molecular weight is 410 g/mol. The second kappa shape index (κ2) is 8.30. The number of hydrogen-bond donors (Lipinski definition) is 0. The minimum Gasteiger partial charge on any atom is -0.198 e. The SMILES string of the molecule is [2H]c1c(C)[n+](C)c(-c2ccc(-c3c(C)cccc3C)cc2C)c2ccc(CC(C)C)cc12. The van der Waals surface area contributed by atoms with Crippen molar-refractivity contribution >= 4 is 10.8 Å². The van der Waals surface area contributed by atoms with E-state index in [1.54, 1.807) is 0 Å². The van der Waals surface area contributed by atoms with Crippen LogP contribution in [0.25, 0.3) is 33.2 Å². The molecule has 0 aliphatic carbocycles. The molecule has 0 aliphatic heterocycles. The topological polar surface area (TPSA) is 3.88 Å². The van der Waals surface area contributed by atoms with Crippen LogP contribution in [0, 0.1) is 33.6 Å². The van der Waals surface area contributed by atoms with Crippen LogP contribution >= 0.6 is 0 Å². The molecular formula is C30H34N+. The third-order valence-corrected chi connectivity index (χ3v) is 6.39. The summed E-state index contributed by atoms with van der Waals surface area (Å²) in [5.74, 6) is 0.599. The summed E-state index contributed by atoms with van der Waals surface area (Å²) in [6, 6.07) is 20.6. The van der Waals surface area contributed by atoms with E-state index in [2.05, 4.69) is 108 Å². The van der Waals surface area contributed by atoms with E-state index in [1.807, 2.05) is 0 Å². The Morgan fingerprint density at radius 2 is 1.58 bits per heavy atom.